The Bertz CT molecular complexity index is 570. The number of hydrogen-bond acceptors (Lipinski definition) is 3. The molecule has 26 heavy (non-hydrogen) atoms. The Balaban J connectivity index is 0.00000243. The maximum atomic E-state index is 14.0. The fraction of sp³-hybridized carbons (Fsp3) is 0.632. The molecule has 0 radical (unpaired) electrons. The third-order valence-corrected chi connectivity index (χ3v) is 5.35. The summed E-state index contributed by atoms with van der Waals surface area (Å²) in [6, 6.07) is 4.31. The minimum Gasteiger partial charge on any atom is -0.340 e. The van der Waals surface area contributed by atoms with Crippen LogP contribution in [0.25, 0.3) is 0 Å². The maximum absolute atomic E-state index is 14.0. The molecule has 0 atom stereocenters. The van der Waals surface area contributed by atoms with Gasteiger partial charge in [0.05, 0.1) is 0 Å². The molecule has 1 aromatic carbocycles. The molecule has 0 bridgehead atoms. The molecule has 2 aliphatic rings. The van der Waals surface area contributed by atoms with Gasteiger partial charge >= 0.3 is 0 Å². The van der Waals surface area contributed by atoms with Gasteiger partial charge in [-0.15, -0.1) is 12.4 Å². The van der Waals surface area contributed by atoms with Gasteiger partial charge in [-0.1, -0.05) is 18.9 Å². The highest BCUT2D eigenvalue weighted by atomic mass is 35.5. The van der Waals surface area contributed by atoms with Crippen LogP contribution in [0.5, 0.6) is 0 Å². The van der Waals surface area contributed by atoms with Crippen LogP contribution in [0.1, 0.15) is 37.7 Å². The number of piperazine rings is 1. The van der Waals surface area contributed by atoms with Crippen molar-refractivity contribution in [2.24, 2.45) is 0 Å². The summed E-state index contributed by atoms with van der Waals surface area (Å²) in [6.45, 7) is 3.94. The van der Waals surface area contributed by atoms with E-state index in [1.165, 1.54) is 18.2 Å². The van der Waals surface area contributed by atoms with Gasteiger partial charge in [0.2, 0.25) is 5.91 Å². The summed E-state index contributed by atoms with van der Waals surface area (Å²) < 4.78 is 28.1. The zero-order valence-corrected chi connectivity index (χ0v) is 15.9. The quantitative estimate of drug-likeness (QED) is 0.815. The Morgan fingerprint density at radius 1 is 1.15 bits per heavy atom. The first-order chi connectivity index (χ1) is 12.1. The van der Waals surface area contributed by atoms with Gasteiger partial charge in [-0.3, -0.25) is 9.69 Å². The zero-order chi connectivity index (χ0) is 17.6. The van der Waals surface area contributed by atoms with Crippen LogP contribution in [0.4, 0.5) is 8.78 Å². The first-order valence-corrected chi connectivity index (χ1v) is 9.30. The number of benzene rings is 1. The lowest BCUT2D eigenvalue weighted by atomic mass is 10.1. The number of halogens is 3. The molecule has 4 nitrogen and oxygen atoms in total. The Labute approximate surface area is 160 Å². The first kappa shape index (κ1) is 21.1. The number of hydrogen-bond donors (Lipinski definition) is 1. The van der Waals surface area contributed by atoms with Crippen LogP contribution in [0.3, 0.4) is 0 Å². The van der Waals surface area contributed by atoms with Crippen molar-refractivity contribution in [2.75, 3.05) is 32.7 Å². The molecule has 1 N–H and O–H groups in total. The SMILES string of the molecule is Cl.O=C(CCN(Cc1c(F)cccc1F)C1CCCC1)N1CCNCC1. The van der Waals surface area contributed by atoms with Gasteiger partial charge < -0.3 is 10.2 Å². The predicted octanol–water partition coefficient (Wildman–Crippen LogP) is 2.95. The molecule has 0 unspecified atom stereocenters. The zero-order valence-electron chi connectivity index (χ0n) is 15.1. The molecular formula is C19H28ClF2N3O. The number of amides is 1. The molecule has 1 aromatic rings. The highest BCUT2D eigenvalue weighted by molar-refractivity contribution is 5.85. The Morgan fingerprint density at radius 3 is 2.38 bits per heavy atom. The molecule has 7 heteroatoms. The van der Waals surface area contributed by atoms with Crippen molar-refractivity contribution < 1.29 is 13.6 Å². The lowest BCUT2D eigenvalue weighted by Crippen LogP contribution is -2.47. The average Bonchev–Trinajstić information content (AvgIpc) is 3.16. The standard InChI is InChI=1S/C19H27F2N3O.ClH/c20-17-6-3-7-18(21)16(17)14-24(15-4-1-2-5-15)11-8-19(25)23-12-9-22-10-13-23;/h3,6-7,15,22H,1-2,4-5,8-14H2;1H. The second kappa shape index (κ2) is 10.2. The van der Waals surface area contributed by atoms with E-state index in [2.05, 4.69) is 10.2 Å². The molecule has 146 valence electrons. The Hall–Kier alpha value is -1.24. The monoisotopic (exact) mass is 387 g/mol. The van der Waals surface area contributed by atoms with Crippen LogP contribution in [0, 0.1) is 11.6 Å². The minimum absolute atomic E-state index is 0. The Morgan fingerprint density at radius 2 is 1.77 bits per heavy atom. The normalized spacial score (nSPS) is 18.2. The van der Waals surface area contributed by atoms with Crippen LogP contribution in [0.15, 0.2) is 18.2 Å². The smallest absolute Gasteiger partial charge is 0.223 e. The van der Waals surface area contributed by atoms with E-state index in [1.807, 2.05) is 4.90 Å². The van der Waals surface area contributed by atoms with Crippen molar-refractivity contribution in [1.82, 2.24) is 15.1 Å². The van der Waals surface area contributed by atoms with Crippen LogP contribution in [-0.4, -0.2) is 54.5 Å². The van der Waals surface area contributed by atoms with Gasteiger partial charge in [0.15, 0.2) is 0 Å². The van der Waals surface area contributed by atoms with E-state index in [0.29, 0.717) is 19.0 Å². The number of rotatable bonds is 6. The lowest BCUT2D eigenvalue weighted by molar-refractivity contribution is -0.132. The minimum atomic E-state index is -0.503. The van der Waals surface area contributed by atoms with E-state index in [4.69, 9.17) is 0 Å². The van der Waals surface area contributed by atoms with Crippen LogP contribution < -0.4 is 5.32 Å². The van der Waals surface area contributed by atoms with Crippen LogP contribution in [0.2, 0.25) is 0 Å². The first-order valence-electron chi connectivity index (χ1n) is 9.30. The average molecular weight is 388 g/mol. The maximum Gasteiger partial charge on any atom is 0.223 e. The molecule has 1 heterocycles. The number of carbonyl (C=O) groups excluding carboxylic acids is 1. The van der Waals surface area contributed by atoms with Gasteiger partial charge in [0, 0.05) is 57.3 Å². The van der Waals surface area contributed by atoms with Crippen molar-refractivity contribution in [3.8, 4) is 0 Å². The van der Waals surface area contributed by atoms with Gasteiger partial charge in [-0.05, 0) is 25.0 Å². The summed E-state index contributed by atoms with van der Waals surface area (Å²) in [6.07, 6.45) is 4.78. The molecule has 1 saturated heterocycles. The van der Waals surface area contributed by atoms with Gasteiger partial charge in [0.1, 0.15) is 11.6 Å². The van der Waals surface area contributed by atoms with E-state index in [9.17, 15) is 13.6 Å². The third-order valence-electron chi connectivity index (χ3n) is 5.35. The topological polar surface area (TPSA) is 35.6 Å². The van der Waals surface area contributed by atoms with Crippen molar-refractivity contribution >= 4 is 18.3 Å². The predicted molar refractivity (Wildman–Crippen MR) is 100 cm³/mol. The summed E-state index contributed by atoms with van der Waals surface area (Å²) >= 11 is 0. The van der Waals surface area contributed by atoms with E-state index < -0.39 is 11.6 Å². The van der Waals surface area contributed by atoms with Crippen LogP contribution >= 0.6 is 12.4 Å². The largest absolute Gasteiger partial charge is 0.340 e. The number of carbonyl (C=O) groups is 1. The van der Waals surface area contributed by atoms with Crippen molar-refractivity contribution in [1.29, 1.82) is 0 Å². The number of nitrogens with one attached hydrogen (secondary N) is 1. The molecule has 2 fully saturated rings. The van der Waals surface area contributed by atoms with E-state index in [0.717, 1.165) is 51.9 Å². The van der Waals surface area contributed by atoms with E-state index in [-0.39, 0.29) is 30.4 Å². The summed E-state index contributed by atoms with van der Waals surface area (Å²) in [5, 5.41) is 3.24. The molecule has 0 spiro atoms. The van der Waals surface area contributed by atoms with Crippen molar-refractivity contribution in [2.45, 2.75) is 44.7 Å². The molecule has 1 saturated carbocycles. The molecular weight excluding hydrogens is 360 g/mol. The van der Waals surface area contributed by atoms with Crippen molar-refractivity contribution in [3.05, 3.63) is 35.4 Å². The van der Waals surface area contributed by atoms with E-state index in [1.54, 1.807) is 0 Å². The highest BCUT2D eigenvalue weighted by Gasteiger charge is 2.26. The van der Waals surface area contributed by atoms with Crippen LogP contribution in [-0.2, 0) is 11.3 Å². The third kappa shape index (κ3) is 5.38. The second-order valence-corrected chi connectivity index (χ2v) is 6.99. The Kier molecular flexibility index (Phi) is 8.25. The molecule has 3 rings (SSSR count). The van der Waals surface area contributed by atoms with E-state index >= 15 is 0 Å². The summed E-state index contributed by atoms with van der Waals surface area (Å²) in [5.41, 5.74) is 0.115. The van der Waals surface area contributed by atoms with Gasteiger partial charge in [0.25, 0.3) is 0 Å². The molecule has 1 aliphatic carbocycles. The summed E-state index contributed by atoms with van der Waals surface area (Å²) in [7, 11) is 0. The number of nitrogens with zero attached hydrogens (tertiary/aromatic N) is 2. The fourth-order valence-electron chi connectivity index (χ4n) is 3.86. The molecule has 1 aliphatic heterocycles. The molecule has 0 aromatic heterocycles. The highest BCUT2D eigenvalue weighted by Crippen LogP contribution is 2.26. The van der Waals surface area contributed by atoms with Gasteiger partial charge in [-0.2, -0.15) is 0 Å². The summed E-state index contributed by atoms with van der Waals surface area (Å²) in [5.74, 6) is -0.869. The molecule has 1 amide bonds. The van der Waals surface area contributed by atoms with Gasteiger partial charge in [-0.25, -0.2) is 8.78 Å². The fourth-order valence-corrected chi connectivity index (χ4v) is 3.86. The van der Waals surface area contributed by atoms with Crippen molar-refractivity contribution in [3.63, 3.8) is 0 Å². The summed E-state index contributed by atoms with van der Waals surface area (Å²) in [4.78, 5) is 16.4. The second-order valence-electron chi connectivity index (χ2n) is 6.99. The lowest BCUT2D eigenvalue weighted by Gasteiger charge is -2.31.